The monoisotopic (exact) mass is 641 g/mol. The fourth-order valence-corrected chi connectivity index (χ4v) is 9.94. The van der Waals surface area contributed by atoms with Crippen LogP contribution in [0.25, 0.3) is 0 Å². The summed E-state index contributed by atoms with van der Waals surface area (Å²) in [5, 5.41) is 11.1. The Balaban J connectivity index is 1.48. The van der Waals surface area contributed by atoms with E-state index in [4.69, 9.17) is 11.6 Å². The molecule has 3 aromatic rings. The van der Waals surface area contributed by atoms with Crippen LogP contribution in [-0.4, -0.2) is 63.5 Å². The molecule has 0 aliphatic carbocycles. The van der Waals surface area contributed by atoms with Gasteiger partial charge < -0.3 is 19.8 Å². The molecule has 0 saturated carbocycles. The number of benzene rings is 3. The molecule has 3 aliphatic heterocycles. The van der Waals surface area contributed by atoms with Crippen LogP contribution in [0.4, 0.5) is 11.4 Å². The van der Waals surface area contributed by atoms with E-state index >= 15 is 0 Å². The second-order valence-corrected chi connectivity index (χ2v) is 13.7. The molecule has 0 radical (unpaired) electrons. The Morgan fingerprint density at radius 3 is 2.22 bits per heavy atom. The Bertz CT molecular complexity index is 1600. The minimum Gasteiger partial charge on any atom is -0.394 e. The van der Waals surface area contributed by atoms with Crippen LogP contribution in [0.1, 0.15) is 24.4 Å². The molecule has 3 saturated heterocycles. The van der Waals surface area contributed by atoms with Gasteiger partial charge in [-0.1, -0.05) is 84.4 Å². The van der Waals surface area contributed by atoms with E-state index in [1.54, 1.807) is 56.8 Å². The third kappa shape index (κ3) is 5.19. The smallest absolute Gasteiger partial charge is 0.251 e. The predicted octanol–water partition coefficient (Wildman–Crippen LogP) is 5.90. The number of carbonyl (C=O) groups excluding carboxylic acids is 3. The third-order valence-electron chi connectivity index (χ3n) is 9.32. The molecule has 9 heteroatoms. The molecule has 6 rings (SSSR count). The van der Waals surface area contributed by atoms with E-state index in [0.29, 0.717) is 30.1 Å². The molecule has 0 aromatic heterocycles. The number of hydrogen-bond donors (Lipinski definition) is 1. The number of carbonyl (C=O) groups is 3. The number of hydrogen-bond acceptors (Lipinski definition) is 5. The zero-order valence-corrected chi connectivity index (χ0v) is 26.4. The number of thioether (sulfide) groups is 1. The number of halogens is 1. The largest absolute Gasteiger partial charge is 0.394 e. The SMILES string of the molecule is C=CCN(C(=O)[C@@H]1[C@@H]2CCC3(S2)C(C(=O)N(CC=C)c2ccccc2Cl)N([C@H](CO)c2ccccc2)C(=O)[C@H]13)c1ccccc1. The van der Waals surface area contributed by atoms with Gasteiger partial charge in [0.05, 0.1) is 39.9 Å². The van der Waals surface area contributed by atoms with E-state index in [1.807, 2.05) is 66.7 Å². The maximum absolute atomic E-state index is 15.0. The van der Waals surface area contributed by atoms with Crippen molar-refractivity contribution in [3.8, 4) is 0 Å². The minimum atomic E-state index is -0.944. The molecule has 3 amide bonds. The lowest BCUT2D eigenvalue weighted by Gasteiger charge is -2.40. The molecule has 3 heterocycles. The van der Waals surface area contributed by atoms with Gasteiger partial charge in [-0.25, -0.2) is 0 Å². The highest BCUT2D eigenvalue weighted by molar-refractivity contribution is 8.02. The number of likely N-dealkylation sites (tertiary alicyclic amines) is 1. The Labute approximate surface area is 273 Å². The molecule has 1 spiro atoms. The molecule has 6 atom stereocenters. The number of fused-ring (bicyclic) bond motifs is 1. The maximum atomic E-state index is 15.0. The number of para-hydroxylation sites is 2. The first kappa shape index (κ1) is 31.1. The summed E-state index contributed by atoms with van der Waals surface area (Å²) in [6.07, 6.45) is 4.61. The van der Waals surface area contributed by atoms with Gasteiger partial charge in [0.25, 0.3) is 5.91 Å². The van der Waals surface area contributed by atoms with Crippen molar-refractivity contribution in [2.45, 2.75) is 34.9 Å². The first-order chi connectivity index (χ1) is 21.9. The van der Waals surface area contributed by atoms with E-state index in [2.05, 4.69) is 13.2 Å². The summed E-state index contributed by atoms with van der Waals surface area (Å²) in [4.78, 5) is 49.2. The molecule has 3 fully saturated rings. The summed E-state index contributed by atoms with van der Waals surface area (Å²) in [5.74, 6) is -2.12. The molecule has 3 aliphatic rings. The van der Waals surface area contributed by atoms with Crippen LogP contribution in [0.15, 0.2) is 110 Å². The molecule has 232 valence electrons. The van der Waals surface area contributed by atoms with Crippen LogP contribution < -0.4 is 9.80 Å². The normalized spacial score (nSPS) is 25.5. The molecule has 3 aromatic carbocycles. The van der Waals surface area contributed by atoms with Gasteiger partial charge >= 0.3 is 0 Å². The summed E-state index contributed by atoms with van der Waals surface area (Å²) in [5.41, 5.74) is 1.96. The van der Waals surface area contributed by atoms with Gasteiger partial charge in [0, 0.05) is 24.0 Å². The lowest BCUT2D eigenvalue weighted by molar-refractivity contribution is -0.142. The zero-order chi connectivity index (χ0) is 31.7. The molecule has 2 bridgehead atoms. The first-order valence-corrected chi connectivity index (χ1v) is 16.4. The van der Waals surface area contributed by atoms with Crippen molar-refractivity contribution in [1.82, 2.24) is 4.90 Å². The van der Waals surface area contributed by atoms with Gasteiger partial charge in [0.2, 0.25) is 11.8 Å². The predicted molar refractivity (Wildman–Crippen MR) is 180 cm³/mol. The Morgan fingerprint density at radius 2 is 1.58 bits per heavy atom. The van der Waals surface area contributed by atoms with E-state index < -0.39 is 28.7 Å². The van der Waals surface area contributed by atoms with Crippen molar-refractivity contribution in [3.05, 3.63) is 121 Å². The Hall–Kier alpha value is -3.85. The fraction of sp³-hybridized carbons (Fsp3) is 0.306. The van der Waals surface area contributed by atoms with Crippen molar-refractivity contribution < 1.29 is 19.5 Å². The van der Waals surface area contributed by atoms with E-state index in [-0.39, 0.29) is 36.1 Å². The number of anilines is 2. The van der Waals surface area contributed by atoms with Crippen molar-refractivity contribution in [1.29, 1.82) is 0 Å². The quantitative estimate of drug-likeness (QED) is 0.264. The lowest BCUT2D eigenvalue weighted by atomic mass is 9.70. The van der Waals surface area contributed by atoms with E-state index in [1.165, 1.54) is 0 Å². The molecular formula is C36H36ClN3O4S. The topological polar surface area (TPSA) is 81.2 Å². The maximum Gasteiger partial charge on any atom is 0.251 e. The van der Waals surface area contributed by atoms with E-state index in [0.717, 1.165) is 11.3 Å². The van der Waals surface area contributed by atoms with Crippen LogP contribution in [0, 0.1) is 11.8 Å². The van der Waals surface area contributed by atoms with Crippen molar-refractivity contribution in [3.63, 3.8) is 0 Å². The fourth-order valence-electron chi connectivity index (χ4n) is 7.51. The average molecular weight is 642 g/mol. The second-order valence-electron chi connectivity index (χ2n) is 11.7. The number of aliphatic hydroxyl groups excluding tert-OH is 1. The summed E-state index contributed by atoms with van der Waals surface area (Å²) in [6, 6.07) is 24.1. The second kappa shape index (κ2) is 12.9. The average Bonchev–Trinajstić information content (AvgIpc) is 3.71. The number of aliphatic hydroxyl groups is 1. The first-order valence-electron chi connectivity index (χ1n) is 15.2. The molecule has 45 heavy (non-hydrogen) atoms. The molecule has 7 nitrogen and oxygen atoms in total. The number of rotatable bonds is 11. The molecule has 2 unspecified atom stereocenters. The minimum absolute atomic E-state index is 0.127. The van der Waals surface area contributed by atoms with Crippen LogP contribution in [0.5, 0.6) is 0 Å². The van der Waals surface area contributed by atoms with Gasteiger partial charge in [-0.3, -0.25) is 14.4 Å². The lowest BCUT2D eigenvalue weighted by Crippen LogP contribution is -2.56. The van der Waals surface area contributed by atoms with Crippen LogP contribution in [0.2, 0.25) is 5.02 Å². The summed E-state index contributed by atoms with van der Waals surface area (Å²) in [7, 11) is 0. The highest BCUT2D eigenvalue weighted by Gasteiger charge is 2.75. The Kier molecular flexibility index (Phi) is 8.91. The van der Waals surface area contributed by atoms with Gasteiger partial charge in [-0.15, -0.1) is 24.9 Å². The summed E-state index contributed by atoms with van der Waals surface area (Å²) < 4.78 is -0.863. The van der Waals surface area contributed by atoms with Crippen LogP contribution >= 0.6 is 23.4 Å². The van der Waals surface area contributed by atoms with Crippen LogP contribution in [0.3, 0.4) is 0 Å². The number of nitrogens with zero attached hydrogens (tertiary/aromatic N) is 3. The standard InChI is InChI=1S/C36H36ClN3O4S/c1-3-21-38(25-15-9-6-10-16-25)33(42)30-29-19-20-36(45-29)31(30)34(43)40(28(23-41)24-13-7-5-8-14-24)32(36)35(44)39(22-4-2)27-18-12-11-17-26(27)37/h3-18,28-32,41H,1-2,19-23H2/t28-,29+,30-,31+,32?,36?/m1/s1. The van der Waals surface area contributed by atoms with Crippen molar-refractivity contribution in [2.24, 2.45) is 11.8 Å². The van der Waals surface area contributed by atoms with Crippen molar-refractivity contribution >= 4 is 52.5 Å². The third-order valence-corrected chi connectivity index (χ3v) is 11.6. The van der Waals surface area contributed by atoms with Gasteiger partial charge in [0.1, 0.15) is 6.04 Å². The van der Waals surface area contributed by atoms with Gasteiger partial charge in [0.15, 0.2) is 0 Å². The highest BCUT2D eigenvalue weighted by Crippen LogP contribution is 2.67. The van der Waals surface area contributed by atoms with Gasteiger partial charge in [-0.05, 0) is 42.7 Å². The molecule has 1 N–H and O–H groups in total. The summed E-state index contributed by atoms with van der Waals surface area (Å²) in [6.45, 7) is 7.86. The summed E-state index contributed by atoms with van der Waals surface area (Å²) >= 11 is 8.21. The van der Waals surface area contributed by atoms with E-state index in [9.17, 15) is 19.5 Å². The molecular weight excluding hydrogens is 606 g/mol. The Morgan fingerprint density at radius 1 is 0.956 bits per heavy atom. The van der Waals surface area contributed by atoms with Gasteiger partial charge in [-0.2, -0.15) is 0 Å². The zero-order valence-electron chi connectivity index (χ0n) is 24.9. The highest BCUT2D eigenvalue weighted by atomic mass is 35.5. The number of amides is 3. The van der Waals surface area contributed by atoms with Crippen LogP contribution in [-0.2, 0) is 14.4 Å². The van der Waals surface area contributed by atoms with Crippen molar-refractivity contribution in [2.75, 3.05) is 29.5 Å².